The Balaban J connectivity index is -0.000000245. The number of carboxylic acids is 2. The maximum absolute atomic E-state index is 9.55. The predicted molar refractivity (Wildman–Crippen MR) is 35.2 cm³/mol. The van der Waals surface area contributed by atoms with Gasteiger partial charge in [-0.05, 0) is 0 Å². The molecular formula is C4H7NaO5. The molecule has 0 heterocycles. The van der Waals surface area contributed by atoms with E-state index >= 15 is 0 Å². The zero-order chi connectivity index (χ0) is 6.57. The van der Waals surface area contributed by atoms with Crippen molar-refractivity contribution in [2.45, 2.75) is 0 Å². The molecule has 0 bridgehead atoms. The second kappa shape index (κ2) is 8.64. The average Bonchev–Trinajstić information content (AvgIpc) is 1.61. The molecule has 10 heavy (non-hydrogen) atoms. The summed E-state index contributed by atoms with van der Waals surface area (Å²) in [7, 11) is 0. The van der Waals surface area contributed by atoms with E-state index in [4.69, 9.17) is 10.2 Å². The van der Waals surface area contributed by atoms with Crippen LogP contribution in [0.4, 0.5) is 0 Å². The fraction of sp³-hybridized carbons (Fsp3) is 0. The molecule has 0 aromatic rings. The van der Waals surface area contributed by atoms with E-state index in [-0.39, 0.29) is 35.0 Å². The molecule has 0 amide bonds. The van der Waals surface area contributed by atoms with E-state index in [1.54, 1.807) is 0 Å². The van der Waals surface area contributed by atoms with Crippen molar-refractivity contribution in [1.29, 1.82) is 0 Å². The van der Waals surface area contributed by atoms with Crippen LogP contribution < -0.4 is 0 Å². The quantitative estimate of drug-likeness (QED) is 0.366. The Bertz CT molecular complexity index is 125. The molecule has 0 atom stereocenters. The van der Waals surface area contributed by atoms with Gasteiger partial charge in [0.15, 0.2) is 0 Å². The van der Waals surface area contributed by atoms with Crippen molar-refractivity contribution in [3.05, 3.63) is 12.2 Å². The Morgan fingerprint density at radius 2 is 1.20 bits per heavy atom. The summed E-state index contributed by atoms with van der Waals surface area (Å²) in [5.41, 5.74) is 0. The first-order valence-electron chi connectivity index (χ1n) is 1.77. The standard InChI is InChI=1S/C4H4O4.Na.H2O.H/c5-3(6)1-2-4(7)8;;;/h1-2H,(H,5,6)(H,7,8);;1H2;/b2-1-;;;. The number of carboxylic acid groups (broad SMARTS) is 2. The zero-order valence-corrected chi connectivity index (χ0v) is 4.37. The van der Waals surface area contributed by atoms with Crippen LogP contribution in [0, 0.1) is 0 Å². The number of aliphatic carboxylic acids is 2. The first-order valence-corrected chi connectivity index (χ1v) is 1.77. The van der Waals surface area contributed by atoms with Crippen LogP contribution in [0.5, 0.6) is 0 Å². The molecule has 0 aliphatic rings. The third-order valence-electron chi connectivity index (χ3n) is 0.368. The van der Waals surface area contributed by atoms with E-state index in [0.717, 1.165) is 0 Å². The summed E-state index contributed by atoms with van der Waals surface area (Å²) in [5.74, 6) is -2.51. The van der Waals surface area contributed by atoms with Gasteiger partial charge in [0.25, 0.3) is 0 Å². The van der Waals surface area contributed by atoms with Crippen molar-refractivity contribution in [2.24, 2.45) is 0 Å². The van der Waals surface area contributed by atoms with Crippen LogP contribution in [0.1, 0.15) is 0 Å². The van der Waals surface area contributed by atoms with Gasteiger partial charge in [-0.15, -0.1) is 0 Å². The summed E-state index contributed by atoms with van der Waals surface area (Å²) in [6.45, 7) is 0. The summed E-state index contributed by atoms with van der Waals surface area (Å²) in [6, 6.07) is 0. The Hall–Kier alpha value is -0.360. The van der Waals surface area contributed by atoms with Gasteiger partial charge in [-0.3, -0.25) is 0 Å². The third-order valence-corrected chi connectivity index (χ3v) is 0.368. The SMILES string of the molecule is O.O=C(O)/C=C\C(=O)O.[NaH]. The summed E-state index contributed by atoms with van der Waals surface area (Å²) < 4.78 is 0. The van der Waals surface area contributed by atoms with Gasteiger partial charge >= 0.3 is 41.5 Å². The number of hydrogen-bond acceptors (Lipinski definition) is 2. The molecule has 0 aromatic heterocycles. The topological polar surface area (TPSA) is 106 Å². The molecule has 0 saturated heterocycles. The van der Waals surface area contributed by atoms with Gasteiger partial charge in [-0.25, -0.2) is 9.59 Å². The van der Waals surface area contributed by atoms with E-state index in [2.05, 4.69) is 0 Å². The predicted octanol–water partition coefficient (Wildman–Crippen LogP) is -1.76. The van der Waals surface area contributed by atoms with E-state index in [9.17, 15) is 9.59 Å². The third kappa shape index (κ3) is 15.6. The molecule has 0 saturated carbocycles. The first kappa shape index (κ1) is 16.3. The Kier molecular flexibility index (Phi) is 14.1. The van der Waals surface area contributed by atoms with Crippen LogP contribution in [0.15, 0.2) is 12.2 Å². The number of carbonyl (C=O) groups is 2. The van der Waals surface area contributed by atoms with Crippen molar-refractivity contribution in [1.82, 2.24) is 0 Å². The summed E-state index contributed by atoms with van der Waals surface area (Å²) in [4.78, 5) is 19.1. The molecule has 0 rings (SSSR count). The van der Waals surface area contributed by atoms with E-state index < -0.39 is 11.9 Å². The van der Waals surface area contributed by atoms with Gasteiger partial charge in [0.05, 0.1) is 0 Å². The molecule has 5 nitrogen and oxygen atoms in total. The first-order chi connectivity index (χ1) is 3.63. The van der Waals surface area contributed by atoms with Gasteiger partial charge < -0.3 is 15.7 Å². The fourth-order valence-electron chi connectivity index (χ4n) is 0.143. The number of rotatable bonds is 2. The van der Waals surface area contributed by atoms with Crippen molar-refractivity contribution in [3.63, 3.8) is 0 Å². The van der Waals surface area contributed by atoms with Gasteiger partial charge in [0.2, 0.25) is 0 Å². The van der Waals surface area contributed by atoms with Gasteiger partial charge in [0.1, 0.15) is 0 Å². The van der Waals surface area contributed by atoms with Crippen molar-refractivity contribution in [3.8, 4) is 0 Å². The van der Waals surface area contributed by atoms with E-state index in [0.29, 0.717) is 12.2 Å². The van der Waals surface area contributed by atoms with Crippen LogP contribution in [0.2, 0.25) is 0 Å². The van der Waals surface area contributed by atoms with E-state index in [1.807, 2.05) is 0 Å². The molecule has 4 N–H and O–H groups in total. The normalized spacial score (nSPS) is 7.60. The minimum atomic E-state index is -1.26. The van der Waals surface area contributed by atoms with Crippen molar-refractivity contribution < 1.29 is 25.3 Å². The molecule has 54 valence electrons. The summed E-state index contributed by atoms with van der Waals surface area (Å²) in [5, 5.41) is 15.6. The van der Waals surface area contributed by atoms with Crippen LogP contribution in [-0.4, -0.2) is 57.2 Å². The minimum absolute atomic E-state index is 0. The summed E-state index contributed by atoms with van der Waals surface area (Å²) in [6.07, 6.45) is 1.12. The molecule has 0 aliphatic carbocycles. The van der Waals surface area contributed by atoms with Crippen molar-refractivity contribution >= 4 is 41.5 Å². The Morgan fingerprint density at radius 1 is 1.00 bits per heavy atom. The molecule has 0 unspecified atom stereocenters. The molecule has 0 fully saturated rings. The van der Waals surface area contributed by atoms with E-state index in [1.165, 1.54) is 0 Å². The molecule has 6 heteroatoms. The molecule has 0 aromatic carbocycles. The monoisotopic (exact) mass is 158 g/mol. The van der Waals surface area contributed by atoms with Gasteiger partial charge in [-0.1, -0.05) is 0 Å². The van der Waals surface area contributed by atoms with Crippen LogP contribution in [0.25, 0.3) is 0 Å². The fourth-order valence-corrected chi connectivity index (χ4v) is 0.143. The molecule has 0 aliphatic heterocycles. The molecule has 0 radical (unpaired) electrons. The van der Waals surface area contributed by atoms with Crippen LogP contribution in [0.3, 0.4) is 0 Å². The van der Waals surface area contributed by atoms with Gasteiger partial charge in [-0.2, -0.15) is 0 Å². The molecule has 0 spiro atoms. The summed E-state index contributed by atoms with van der Waals surface area (Å²) >= 11 is 0. The van der Waals surface area contributed by atoms with Crippen molar-refractivity contribution in [2.75, 3.05) is 0 Å². The van der Waals surface area contributed by atoms with Crippen LogP contribution in [-0.2, 0) is 9.59 Å². The van der Waals surface area contributed by atoms with Gasteiger partial charge in [0, 0.05) is 12.2 Å². The second-order valence-electron chi connectivity index (χ2n) is 1.01. The van der Waals surface area contributed by atoms with Crippen LogP contribution >= 0.6 is 0 Å². The Morgan fingerprint density at radius 3 is 1.30 bits per heavy atom. The molecular weight excluding hydrogens is 151 g/mol. The second-order valence-corrected chi connectivity index (χ2v) is 1.01. The Labute approximate surface area is 79.0 Å². The zero-order valence-electron chi connectivity index (χ0n) is 4.37. The number of hydrogen-bond donors (Lipinski definition) is 2. The average molecular weight is 158 g/mol. The maximum atomic E-state index is 9.55.